The van der Waals surface area contributed by atoms with E-state index in [1.165, 1.54) is 11.1 Å². The lowest BCUT2D eigenvalue weighted by atomic mass is 9.93. The Balaban J connectivity index is 2.01. The van der Waals surface area contributed by atoms with Crippen molar-refractivity contribution in [2.75, 3.05) is 13.6 Å². The first kappa shape index (κ1) is 14.3. The smallest absolute Gasteiger partial charge is 0.0521 e. The van der Waals surface area contributed by atoms with E-state index < -0.39 is 0 Å². The van der Waals surface area contributed by atoms with Gasteiger partial charge in [0.05, 0.1) is 6.20 Å². The van der Waals surface area contributed by atoms with E-state index in [9.17, 15) is 0 Å². The van der Waals surface area contributed by atoms with Crippen LogP contribution in [-0.2, 0) is 13.5 Å². The molecule has 0 aliphatic carbocycles. The standard InChI is InChI=1S/C15H20BrN3/c1-17-10-14(13-5-7-15(16)8-6-13)4-3-12-9-18-19(2)11-12/h5-9,11,14,17H,3-4,10H2,1-2H3. The summed E-state index contributed by atoms with van der Waals surface area (Å²) in [5.41, 5.74) is 2.70. The van der Waals surface area contributed by atoms with Gasteiger partial charge in [-0.25, -0.2) is 0 Å². The topological polar surface area (TPSA) is 29.9 Å². The third kappa shape index (κ3) is 4.18. The number of rotatable bonds is 6. The van der Waals surface area contributed by atoms with E-state index in [1.54, 1.807) is 0 Å². The first-order valence-electron chi connectivity index (χ1n) is 6.56. The summed E-state index contributed by atoms with van der Waals surface area (Å²) < 4.78 is 2.99. The fraction of sp³-hybridized carbons (Fsp3) is 0.400. The van der Waals surface area contributed by atoms with Crippen molar-refractivity contribution < 1.29 is 0 Å². The molecule has 0 amide bonds. The quantitative estimate of drug-likeness (QED) is 0.886. The SMILES string of the molecule is CNCC(CCc1cnn(C)c1)c1ccc(Br)cc1. The Morgan fingerprint density at radius 3 is 2.63 bits per heavy atom. The maximum Gasteiger partial charge on any atom is 0.0521 e. The van der Waals surface area contributed by atoms with E-state index in [0.29, 0.717) is 5.92 Å². The van der Waals surface area contributed by atoms with Gasteiger partial charge in [-0.2, -0.15) is 5.10 Å². The number of benzene rings is 1. The van der Waals surface area contributed by atoms with Gasteiger partial charge in [0.2, 0.25) is 0 Å². The van der Waals surface area contributed by atoms with Gasteiger partial charge in [-0.05, 0) is 49.1 Å². The molecule has 2 rings (SSSR count). The molecule has 0 saturated heterocycles. The minimum absolute atomic E-state index is 0.540. The molecule has 1 N–H and O–H groups in total. The Bertz CT molecular complexity index is 504. The van der Waals surface area contributed by atoms with Crippen LogP contribution in [0.3, 0.4) is 0 Å². The average Bonchev–Trinajstić information content (AvgIpc) is 2.81. The summed E-state index contributed by atoms with van der Waals surface area (Å²) in [5.74, 6) is 0.540. The second-order valence-electron chi connectivity index (χ2n) is 4.87. The van der Waals surface area contributed by atoms with Gasteiger partial charge in [0, 0.05) is 24.3 Å². The van der Waals surface area contributed by atoms with Crippen LogP contribution in [0.4, 0.5) is 0 Å². The molecule has 0 fully saturated rings. The molecule has 1 unspecified atom stereocenters. The van der Waals surface area contributed by atoms with Crippen molar-refractivity contribution in [3.63, 3.8) is 0 Å². The van der Waals surface area contributed by atoms with Crippen LogP contribution in [0.25, 0.3) is 0 Å². The van der Waals surface area contributed by atoms with Gasteiger partial charge >= 0.3 is 0 Å². The van der Waals surface area contributed by atoms with E-state index in [-0.39, 0.29) is 0 Å². The average molecular weight is 322 g/mol. The first-order chi connectivity index (χ1) is 9.19. The largest absolute Gasteiger partial charge is 0.319 e. The molecule has 1 aromatic carbocycles. The minimum atomic E-state index is 0.540. The van der Waals surface area contributed by atoms with Crippen LogP contribution >= 0.6 is 15.9 Å². The molecule has 1 atom stereocenters. The van der Waals surface area contributed by atoms with Gasteiger partial charge in [0.25, 0.3) is 0 Å². The van der Waals surface area contributed by atoms with Gasteiger partial charge in [-0.3, -0.25) is 4.68 Å². The monoisotopic (exact) mass is 321 g/mol. The van der Waals surface area contributed by atoms with Gasteiger partial charge in [0.15, 0.2) is 0 Å². The molecule has 0 aliphatic rings. The van der Waals surface area contributed by atoms with Crippen molar-refractivity contribution in [3.8, 4) is 0 Å². The van der Waals surface area contributed by atoms with Crippen LogP contribution in [0.1, 0.15) is 23.5 Å². The molecule has 0 spiro atoms. The van der Waals surface area contributed by atoms with Crippen LogP contribution < -0.4 is 5.32 Å². The summed E-state index contributed by atoms with van der Waals surface area (Å²) in [6, 6.07) is 8.63. The fourth-order valence-corrected chi connectivity index (χ4v) is 2.57. The molecular weight excluding hydrogens is 302 g/mol. The fourth-order valence-electron chi connectivity index (χ4n) is 2.31. The predicted octanol–water partition coefficient (Wildman–Crippen LogP) is 3.12. The third-order valence-electron chi connectivity index (χ3n) is 3.33. The van der Waals surface area contributed by atoms with Crippen LogP contribution in [0.5, 0.6) is 0 Å². The maximum absolute atomic E-state index is 4.22. The zero-order valence-electron chi connectivity index (χ0n) is 11.4. The number of hydrogen-bond donors (Lipinski definition) is 1. The van der Waals surface area contributed by atoms with Gasteiger partial charge in [-0.1, -0.05) is 28.1 Å². The summed E-state index contributed by atoms with van der Waals surface area (Å²) in [7, 11) is 3.97. The Hall–Kier alpha value is -1.13. The molecule has 1 heterocycles. The van der Waals surface area contributed by atoms with Crippen molar-refractivity contribution >= 4 is 15.9 Å². The van der Waals surface area contributed by atoms with Crippen molar-refractivity contribution in [1.82, 2.24) is 15.1 Å². The lowest BCUT2D eigenvalue weighted by Gasteiger charge is -2.16. The number of halogens is 1. The Morgan fingerprint density at radius 2 is 2.05 bits per heavy atom. The maximum atomic E-state index is 4.22. The lowest BCUT2D eigenvalue weighted by molar-refractivity contribution is 0.584. The summed E-state index contributed by atoms with van der Waals surface area (Å²) in [5, 5.41) is 7.51. The van der Waals surface area contributed by atoms with E-state index in [0.717, 1.165) is 23.9 Å². The molecule has 19 heavy (non-hydrogen) atoms. The summed E-state index contributed by atoms with van der Waals surface area (Å²) >= 11 is 3.49. The second kappa shape index (κ2) is 6.87. The highest BCUT2D eigenvalue weighted by atomic mass is 79.9. The lowest BCUT2D eigenvalue weighted by Crippen LogP contribution is -2.17. The molecule has 3 nitrogen and oxygen atoms in total. The Kier molecular flexibility index (Phi) is 5.16. The molecule has 102 valence electrons. The van der Waals surface area contributed by atoms with Crippen LogP contribution in [-0.4, -0.2) is 23.4 Å². The number of hydrogen-bond acceptors (Lipinski definition) is 2. The molecule has 0 bridgehead atoms. The van der Waals surface area contributed by atoms with Crippen LogP contribution in [0.2, 0.25) is 0 Å². The van der Waals surface area contributed by atoms with E-state index in [1.807, 2.05) is 25.0 Å². The molecule has 1 aromatic heterocycles. The highest BCUT2D eigenvalue weighted by molar-refractivity contribution is 9.10. The number of nitrogens with zero attached hydrogens (tertiary/aromatic N) is 2. The molecule has 2 aromatic rings. The zero-order valence-corrected chi connectivity index (χ0v) is 13.0. The Labute approximate surface area is 123 Å². The van der Waals surface area contributed by atoms with Gasteiger partial charge < -0.3 is 5.32 Å². The van der Waals surface area contributed by atoms with Crippen molar-refractivity contribution in [3.05, 3.63) is 52.3 Å². The second-order valence-corrected chi connectivity index (χ2v) is 5.78. The van der Waals surface area contributed by atoms with E-state index in [4.69, 9.17) is 0 Å². The van der Waals surface area contributed by atoms with Crippen molar-refractivity contribution in [2.24, 2.45) is 7.05 Å². The van der Waals surface area contributed by atoms with Gasteiger partial charge in [0.1, 0.15) is 0 Å². The van der Waals surface area contributed by atoms with Crippen molar-refractivity contribution in [1.29, 1.82) is 0 Å². The normalized spacial score (nSPS) is 12.6. The van der Waals surface area contributed by atoms with Crippen molar-refractivity contribution in [2.45, 2.75) is 18.8 Å². The first-order valence-corrected chi connectivity index (χ1v) is 7.36. The van der Waals surface area contributed by atoms with Crippen LogP contribution in [0, 0.1) is 0 Å². The number of aryl methyl sites for hydroxylation is 2. The molecule has 0 aliphatic heterocycles. The summed E-state index contributed by atoms with van der Waals surface area (Å²) in [6.45, 7) is 1.00. The number of aromatic nitrogens is 2. The minimum Gasteiger partial charge on any atom is -0.319 e. The van der Waals surface area contributed by atoms with Gasteiger partial charge in [-0.15, -0.1) is 0 Å². The molecular formula is C15H20BrN3. The number of likely N-dealkylation sites (N-methyl/N-ethyl adjacent to an activating group) is 1. The predicted molar refractivity (Wildman–Crippen MR) is 82.3 cm³/mol. The Morgan fingerprint density at radius 1 is 1.32 bits per heavy atom. The third-order valence-corrected chi connectivity index (χ3v) is 3.86. The molecule has 4 heteroatoms. The summed E-state index contributed by atoms with van der Waals surface area (Å²) in [6.07, 6.45) is 6.25. The highest BCUT2D eigenvalue weighted by Gasteiger charge is 2.11. The summed E-state index contributed by atoms with van der Waals surface area (Å²) in [4.78, 5) is 0. The van der Waals surface area contributed by atoms with E-state index >= 15 is 0 Å². The number of nitrogens with one attached hydrogen (secondary N) is 1. The van der Waals surface area contributed by atoms with Crippen LogP contribution in [0.15, 0.2) is 41.1 Å². The molecule has 0 saturated carbocycles. The zero-order chi connectivity index (χ0) is 13.7. The van der Waals surface area contributed by atoms with E-state index in [2.05, 4.69) is 56.8 Å². The highest BCUT2D eigenvalue weighted by Crippen LogP contribution is 2.23. The molecule has 0 radical (unpaired) electrons.